The molecule has 0 aliphatic carbocycles. The summed E-state index contributed by atoms with van der Waals surface area (Å²) in [5, 5.41) is 0. The number of primary amides is 1. The second-order valence-electron chi connectivity index (χ2n) is 2.89. The van der Waals surface area contributed by atoms with Crippen LogP contribution in [0.4, 0.5) is 18.0 Å². The van der Waals surface area contributed by atoms with Crippen LogP contribution in [0.25, 0.3) is 0 Å². The number of hydrogen-bond acceptors (Lipinski definition) is 3. The van der Waals surface area contributed by atoms with Gasteiger partial charge in [-0.05, 0) is 6.92 Å². The van der Waals surface area contributed by atoms with Crippen LogP contribution in [0.2, 0.25) is 0 Å². The standard InChI is InChI=1S/C7H11F3N2O3/c1-4(15-6(11)14)5(13)12(2)3-7(8,9)10/h4H,3H2,1-2H3,(H2,11,14). The first kappa shape index (κ1) is 13.5. The second-order valence-corrected chi connectivity index (χ2v) is 2.89. The van der Waals surface area contributed by atoms with Gasteiger partial charge in [-0.1, -0.05) is 0 Å². The summed E-state index contributed by atoms with van der Waals surface area (Å²) in [5.41, 5.74) is 4.60. The van der Waals surface area contributed by atoms with Crippen LogP contribution in [0.1, 0.15) is 6.92 Å². The zero-order chi connectivity index (χ0) is 12.2. The lowest BCUT2D eigenvalue weighted by atomic mass is 10.3. The maximum Gasteiger partial charge on any atom is 0.406 e. The summed E-state index contributed by atoms with van der Waals surface area (Å²) < 4.78 is 39.8. The minimum absolute atomic E-state index is 0.410. The van der Waals surface area contributed by atoms with Crippen molar-refractivity contribution in [2.24, 2.45) is 5.73 Å². The van der Waals surface area contributed by atoms with Crippen molar-refractivity contribution in [1.29, 1.82) is 0 Å². The van der Waals surface area contributed by atoms with Crippen LogP contribution in [0.3, 0.4) is 0 Å². The molecule has 2 N–H and O–H groups in total. The molecule has 0 radical (unpaired) electrons. The molecule has 0 spiro atoms. The van der Waals surface area contributed by atoms with E-state index in [4.69, 9.17) is 0 Å². The van der Waals surface area contributed by atoms with E-state index in [1.165, 1.54) is 0 Å². The van der Waals surface area contributed by atoms with Crippen LogP contribution in [0, 0.1) is 0 Å². The Kier molecular flexibility index (Phi) is 4.38. The maximum absolute atomic E-state index is 11.9. The Hall–Kier alpha value is -1.47. The van der Waals surface area contributed by atoms with Gasteiger partial charge in [0.1, 0.15) is 6.54 Å². The van der Waals surface area contributed by atoms with Crippen molar-refractivity contribution < 1.29 is 27.5 Å². The number of carbonyl (C=O) groups is 2. The zero-order valence-corrected chi connectivity index (χ0v) is 8.17. The number of carbonyl (C=O) groups excluding carboxylic acids is 2. The van der Waals surface area contributed by atoms with Gasteiger partial charge in [-0.25, -0.2) is 4.79 Å². The lowest BCUT2D eigenvalue weighted by molar-refractivity contribution is -0.162. The highest BCUT2D eigenvalue weighted by Crippen LogP contribution is 2.16. The molecule has 0 saturated heterocycles. The molecule has 0 aromatic heterocycles. The molecule has 0 aliphatic heterocycles. The summed E-state index contributed by atoms with van der Waals surface area (Å²) in [4.78, 5) is 21.8. The van der Waals surface area contributed by atoms with E-state index in [1.807, 2.05) is 0 Å². The van der Waals surface area contributed by atoms with Crippen molar-refractivity contribution in [2.45, 2.75) is 19.2 Å². The average molecular weight is 228 g/mol. The Labute approximate surface area is 84.0 Å². The number of nitrogens with two attached hydrogens (primary N) is 1. The molecule has 2 amide bonds. The van der Waals surface area contributed by atoms with Gasteiger partial charge < -0.3 is 15.4 Å². The van der Waals surface area contributed by atoms with Gasteiger partial charge in [-0.15, -0.1) is 0 Å². The smallest absolute Gasteiger partial charge is 0.406 e. The highest BCUT2D eigenvalue weighted by molar-refractivity contribution is 5.82. The van der Waals surface area contributed by atoms with Gasteiger partial charge >= 0.3 is 12.3 Å². The monoisotopic (exact) mass is 228 g/mol. The first-order valence-electron chi connectivity index (χ1n) is 3.91. The van der Waals surface area contributed by atoms with E-state index in [2.05, 4.69) is 10.5 Å². The van der Waals surface area contributed by atoms with Crippen molar-refractivity contribution in [2.75, 3.05) is 13.6 Å². The molecule has 1 atom stereocenters. The van der Waals surface area contributed by atoms with Crippen molar-refractivity contribution >= 4 is 12.0 Å². The fraction of sp³-hybridized carbons (Fsp3) is 0.714. The molecular weight excluding hydrogens is 217 g/mol. The number of alkyl halides is 3. The molecule has 5 nitrogen and oxygen atoms in total. The van der Waals surface area contributed by atoms with E-state index in [0.717, 1.165) is 14.0 Å². The number of rotatable bonds is 3. The summed E-state index contributed by atoms with van der Waals surface area (Å²) in [5.74, 6) is -0.967. The Morgan fingerprint density at radius 1 is 1.47 bits per heavy atom. The average Bonchev–Trinajstić information content (AvgIpc) is 1.98. The van der Waals surface area contributed by atoms with Gasteiger partial charge in [0.2, 0.25) is 0 Å². The molecule has 8 heteroatoms. The molecule has 0 aromatic rings. The molecule has 0 rings (SSSR count). The summed E-state index contributed by atoms with van der Waals surface area (Å²) in [6.45, 7) is -0.266. The quantitative estimate of drug-likeness (QED) is 0.764. The normalized spacial score (nSPS) is 13.1. The van der Waals surface area contributed by atoms with Crippen LogP contribution in [0.5, 0.6) is 0 Å². The van der Waals surface area contributed by atoms with Gasteiger partial charge in [-0.2, -0.15) is 13.2 Å². The minimum Gasteiger partial charge on any atom is -0.437 e. The Morgan fingerprint density at radius 3 is 2.27 bits per heavy atom. The molecule has 0 bridgehead atoms. The van der Waals surface area contributed by atoms with Crippen LogP contribution in [-0.4, -0.2) is 42.8 Å². The molecule has 88 valence electrons. The Morgan fingerprint density at radius 2 is 1.93 bits per heavy atom. The molecule has 1 unspecified atom stereocenters. The highest BCUT2D eigenvalue weighted by atomic mass is 19.4. The predicted molar refractivity (Wildman–Crippen MR) is 43.8 cm³/mol. The number of nitrogens with zero attached hydrogens (tertiary/aromatic N) is 1. The largest absolute Gasteiger partial charge is 0.437 e. The number of likely N-dealkylation sites (N-methyl/N-ethyl adjacent to an activating group) is 1. The number of ether oxygens (including phenoxy) is 1. The van der Waals surface area contributed by atoms with Crippen molar-refractivity contribution in [1.82, 2.24) is 4.90 Å². The number of hydrogen-bond donors (Lipinski definition) is 1. The zero-order valence-electron chi connectivity index (χ0n) is 8.17. The van der Waals surface area contributed by atoms with Crippen LogP contribution in [-0.2, 0) is 9.53 Å². The number of amides is 2. The third-order valence-corrected chi connectivity index (χ3v) is 1.43. The van der Waals surface area contributed by atoms with Gasteiger partial charge in [0.25, 0.3) is 5.91 Å². The molecule has 0 saturated carbocycles. The van der Waals surface area contributed by atoms with Gasteiger partial charge in [0.05, 0.1) is 0 Å². The highest BCUT2D eigenvalue weighted by Gasteiger charge is 2.33. The molecule has 0 aliphatic rings. The number of halogens is 3. The van der Waals surface area contributed by atoms with E-state index < -0.39 is 30.8 Å². The SMILES string of the molecule is CC(OC(N)=O)C(=O)N(C)CC(F)(F)F. The summed E-state index contributed by atoms with van der Waals surface area (Å²) >= 11 is 0. The van der Waals surface area contributed by atoms with Gasteiger partial charge in [0.15, 0.2) is 6.10 Å². The van der Waals surface area contributed by atoms with E-state index in [-0.39, 0.29) is 0 Å². The first-order chi connectivity index (χ1) is 6.63. The topological polar surface area (TPSA) is 72.6 Å². The lowest BCUT2D eigenvalue weighted by Crippen LogP contribution is -2.42. The third kappa shape index (κ3) is 5.76. The van der Waals surface area contributed by atoms with Crippen molar-refractivity contribution in [3.05, 3.63) is 0 Å². The lowest BCUT2D eigenvalue weighted by Gasteiger charge is -2.21. The Bertz CT molecular complexity index is 254. The summed E-state index contributed by atoms with van der Waals surface area (Å²) in [7, 11) is 0.955. The molecule has 0 fully saturated rings. The van der Waals surface area contributed by atoms with E-state index in [9.17, 15) is 22.8 Å². The van der Waals surface area contributed by atoms with Crippen LogP contribution < -0.4 is 5.73 Å². The minimum atomic E-state index is -4.49. The fourth-order valence-corrected chi connectivity index (χ4v) is 0.882. The van der Waals surface area contributed by atoms with E-state index >= 15 is 0 Å². The summed E-state index contributed by atoms with van der Waals surface area (Å²) in [6, 6.07) is 0. The fourth-order valence-electron chi connectivity index (χ4n) is 0.882. The Balaban J connectivity index is 4.26. The molecule has 15 heavy (non-hydrogen) atoms. The van der Waals surface area contributed by atoms with Crippen molar-refractivity contribution in [3.8, 4) is 0 Å². The molecule has 0 heterocycles. The van der Waals surface area contributed by atoms with Crippen molar-refractivity contribution in [3.63, 3.8) is 0 Å². The third-order valence-electron chi connectivity index (χ3n) is 1.43. The van der Waals surface area contributed by atoms with E-state index in [1.54, 1.807) is 0 Å². The van der Waals surface area contributed by atoms with Gasteiger partial charge in [-0.3, -0.25) is 4.79 Å². The van der Waals surface area contributed by atoms with E-state index in [0.29, 0.717) is 4.90 Å². The first-order valence-corrected chi connectivity index (χ1v) is 3.91. The maximum atomic E-state index is 11.9. The van der Waals surface area contributed by atoms with Crippen LogP contribution >= 0.6 is 0 Å². The molecular formula is C7H11F3N2O3. The summed E-state index contributed by atoms with van der Waals surface area (Å²) in [6.07, 6.45) is -7.03. The molecule has 0 aromatic carbocycles. The predicted octanol–water partition coefficient (Wildman–Crippen LogP) is 0.491. The van der Waals surface area contributed by atoms with Crippen LogP contribution in [0.15, 0.2) is 0 Å². The second kappa shape index (κ2) is 4.85. The van der Waals surface area contributed by atoms with Gasteiger partial charge in [0, 0.05) is 7.05 Å².